The summed E-state index contributed by atoms with van der Waals surface area (Å²) in [6, 6.07) is 8.29. The minimum Gasteiger partial charge on any atom is -0.397 e. The summed E-state index contributed by atoms with van der Waals surface area (Å²) in [5.74, 6) is -0.0735. The number of nitrogens with two attached hydrogens (primary N) is 1. The van der Waals surface area contributed by atoms with E-state index < -0.39 is 0 Å². The minimum atomic E-state index is -0.0735. The van der Waals surface area contributed by atoms with Gasteiger partial charge in [0.25, 0.3) is 5.91 Å². The standard InChI is InChI=1S/C15H13N3OS2/c16-12-9-5-6-10(11-2-1-7-20-11)18-15(9)21-13(12)14(19)17-8-3-4-8/h1-2,5-8H,3-4,16H2,(H,17,19). The molecule has 3 N–H and O–H groups in total. The largest absolute Gasteiger partial charge is 0.397 e. The van der Waals surface area contributed by atoms with Crippen molar-refractivity contribution in [2.45, 2.75) is 18.9 Å². The Hall–Kier alpha value is -1.92. The average molecular weight is 315 g/mol. The molecule has 0 saturated heterocycles. The fourth-order valence-corrected chi connectivity index (χ4v) is 3.90. The number of thiophene rings is 2. The lowest BCUT2D eigenvalue weighted by atomic mass is 10.2. The van der Waals surface area contributed by atoms with Gasteiger partial charge in [-0.1, -0.05) is 6.07 Å². The summed E-state index contributed by atoms with van der Waals surface area (Å²) in [4.78, 5) is 19.4. The smallest absolute Gasteiger partial charge is 0.263 e. The molecule has 1 saturated carbocycles. The normalized spacial score (nSPS) is 14.5. The van der Waals surface area contributed by atoms with Gasteiger partial charge in [0.2, 0.25) is 0 Å². The van der Waals surface area contributed by atoms with Crippen molar-refractivity contribution in [3.05, 3.63) is 34.5 Å². The summed E-state index contributed by atoms with van der Waals surface area (Å²) in [7, 11) is 0. The van der Waals surface area contributed by atoms with Gasteiger partial charge >= 0.3 is 0 Å². The Morgan fingerprint density at radius 1 is 1.33 bits per heavy atom. The van der Waals surface area contributed by atoms with E-state index in [1.165, 1.54) is 11.3 Å². The molecule has 6 heteroatoms. The Kier molecular flexibility index (Phi) is 2.94. The predicted octanol–water partition coefficient (Wildman–Crippen LogP) is 3.50. The zero-order chi connectivity index (χ0) is 14.4. The molecule has 3 aromatic rings. The lowest BCUT2D eigenvalue weighted by Crippen LogP contribution is -2.25. The monoisotopic (exact) mass is 315 g/mol. The van der Waals surface area contributed by atoms with E-state index in [1.807, 2.05) is 29.6 Å². The molecule has 3 aromatic heterocycles. The molecule has 1 aliphatic rings. The molecule has 106 valence electrons. The minimum absolute atomic E-state index is 0.0735. The van der Waals surface area contributed by atoms with Gasteiger partial charge in [-0.25, -0.2) is 4.98 Å². The number of aromatic nitrogens is 1. The third-order valence-corrected chi connectivity index (χ3v) is 5.49. The molecule has 4 rings (SSSR count). The van der Waals surface area contributed by atoms with Crippen molar-refractivity contribution in [2.75, 3.05) is 5.73 Å². The highest BCUT2D eigenvalue weighted by Crippen LogP contribution is 2.35. The highest BCUT2D eigenvalue weighted by molar-refractivity contribution is 7.21. The molecule has 0 bridgehead atoms. The number of nitrogens with one attached hydrogen (secondary N) is 1. The Morgan fingerprint density at radius 2 is 2.19 bits per heavy atom. The molecule has 0 spiro atoms. The maximum atomic E-state index is 12.2. The quantitative estimate of drug-likeness (QED) is 0.777. The molecule has 0 radical (unpaired) electrons. The molecule has 0 atom stereocenters. The number of nitrogens with zero attached hydrogens (tertiary/aromatic N) is 1. The number of amides is 1. The van der Waals surface area contributed by atoms with E-state index in [2.05, 4.69) is 10.3 Å². The van der Waals surface area contributed by atoms with E-state index >= 15 is 0 Å². The summed E-state index contributed by atoms with van der Waals surface area (Å²) >= 11 is 3.02. The summed E-state index contributed by atoms with van der Waals surface area (Å²) in [6.07, 6.45) is 2.13. The van der Waals surface area contributed by atoms with Gasteiger partial charge in [-0.2, -0.15) is 0 Å². The Morgan fingerprint density at radius 3 is 2.90 bits per heavy atom. The van der Waals surface area contributed by atoms with Crippen LogP contribution in [0.15, 0.2) is 29.6 Å². The highest BCUT2D eigenvalue weighted by atomic mass is 32.1. The number of fused-ring (bicyclic) bond motifs is 1. The maximum absolute atomic E-state index is 12.2. The van der Waals surface area contributed by atoms with E-state index in [4.69, 9.17) is 5.73 Å². The fourth-order valence-electron chi connectivity index (χ4n) is 2.21. The second kappa shape index (κ2) is 4.82. The van der Waals surface area contributed by atoms with Gasteiger partial charge in [-0.15, -0.1) is 22.7 Å². The molecule has 0 aliphatic heterocycles. The first-order valence-electron chi connectivity index (χ1n) is 6.76. The number of carbonyl (C=O) groups excluding carboxylic acids is 1. The number of anilines is 1. The van der Waals surface area contributed by atoms with Crippen LogP contribution < -0.4 is 11.1 Å². The van der Waals surface area contributed by atoms with Gasteiger partial charge in [0.15, 0.2) is 0 Å². The van der Waals surface area contributed by atoms with Crippen LogP contribution in [0.1, 0.15) is 22.5 Å². The summed E-state index contributed by atoms with van der Waals surface area (Å²) in [5, 5.41) is 5.87. The SMILES string of the molecule is Nc1c(C(=O)NC2CC2)sc2nc(-c3cccs3)ccc12. The second-order valence-electron chi connectivity index (χ2n) is 5.12. The molecule has 0 unspecified atom stereocenters. The van der Waals surface area contributed by atoms with Crippen LogP contribution in [-0.4, -0.2) is 16.9 Å². The predicted molar refractivity (Wildman–Crippen MR) is 87.8 cm³/mol. The third-order valence-electron chi connectivity index (χ3n) is 3.49. The van der Waals surface area contributed by atoms with Gasteiger partial charge in [-0.3, -0.25) is 4.79 Å². The summed E-state index contributed by atoms with van der Waals surface area (Å²) < 4.78 is 0. The van der Waals surface area contributed by atoms with Crippen molar-refractivity contribution in [3.8, 4) is 10.6 Å². The molecule has 0 aromatic carbocycles. The van der Waals surface area contributed by atoms with Crippen molar-refractivity contribution < 1.29 is 4.79 Å². The maximum Gasteiger partial charge on any atom is 0.263 e. The summed E-state index contributed by atoms with van der Waals surface area (Å²) in [5.41, 5.74) is 7.58. The molecule has 21 heavy (non-hydrogen) atoms. The summed E-state index contributed by atoms with van der Waals surface area (Å²) in [6.45, 7) is 0. The molecule has 1 fully saturated rings. The number of hydrogen-bond donors (Lipinski definition) is 2. The molecule has 4 nitrogen and oxygen atoms in total. The van der Waals surface area contributed by atoms with E-state index in [0.29, 0.717) is 16.6 Å². The van der Waals surface area contributed by atoms with Gasteiger partial charge in [0, 0.05) is 11.4 Å². The first kappa shape index (κ1) is 12.8. The average Bonchev–Trinajstić information content (AvgIpc) is 3.02. The third kappa shape index (κ3) is 2.30. The van der Waals surface area contributed by atoms with E-state index in [1.54, 1.807) is 11.3 Å². The molecule has 1 aliphatic carbocycles. The van der Waals surface area contributed by atoms with Crippen LogP contribution in [0.3, 0.4) is 0 Å². The fraction of sp³-hybridized carbons (Fsp3) is 0.200. The first-order valence-corrected chi connectivity index (χ1v) is 8.46. The molecular weight excluding hydrogens is 302 g/mol. The molecule has 1 amide bonds. The van der Waals surface area contributed by atoms with E-state index in [0.717, 1.165) is 33.6 Å². The van der Waals surface area contributed by atoms with Gasteiger partial charge in [0.05, 0.1) is 16.3 Å². The van der Waals surface area contributed by atoms with E-state index in [9.17, 15) is 4.79 Å². The van der Waals surface area contributed by atoms with E-state index in [-0.39, 0.29) is 5.91 Å². The number of carbonyl (C=O) groups is 1. The molecule has 3 heterocycles. The number of pyridine rings is 1. The zero-order valence-corrected chi connectivity index (χ0v) is 12.8. The van der Waals surface area contributed by atoms with Gasteiger partial charge in [0.1, 0.15) is 9.71 Å². The van der Waals surface area contributed by atoms with Crippen molar-refractivity contribution in [1.82, 2.24) is 10.3 Å². The van der Waals surface area contributed by atoms with Crippen LogP contribution in [0.2, 0.25) is 0 Å². The van der Waals surface area contributed by atoms with Crippen LogP contribution in [0, 0.1) is 0 Å². The van der Waals surface area contributed by atoms with Gasteiger partial charge in [-0.05, 0) is 36.4 Å². The Bertz CT molecular complexity index is 819. The Balaban J connectivity index is 1.76. The molecular formula is C15H13N3OS2. The number of hydrogen-bond acceptors (Lipinski definition) is 5. The topological polar surface area (TPSA) is 68.0 Å². The number of rotatable bonds is 3. The highest BCUT2D eigenvalue weighted by Gasteiger charge is 2.26. The number of nitrogen functional groups attached to an aromatic ring is 1. The second-order valence-corrected chi connectivity index (χ2v) is 7.07. The van der Waals surface area contributed by atoms with Gasteiger partial charge < -0.3 is 11.1 Å². The van der Waals surface area contributed by atoms with Crippen molar-refractivity contribution >= 4 is 44.5 Å². The van der Waals surface area contributed by atoms with Crippen molar-refractivity contribution in [3.63, 3.8) is 0 Å². The Labute approximate surface area is 129 Å². The van der Waals surface area contributed by atoms with Crippen LogP contribution in [0.25, 0.3) is 20.8 Å². The van der Waals surface area contributed by atoms with Crippen LogP contribution in [-0.2, 0) is 0 Å². The van der Waals surface area contributed by atoms with Crippen molar-refractivity contribution in [1.29, 1.82) is 0 Å². The van der Waals surface area contributed by atoms with Crippen LogP contribution in [0.5, 0.6) is 0 Å². The van der Waals surface area contributed by atoms with Crippen molar-refractivity contribution in [2.24, 2.45) is 0 Å². The van der Waals surface area contributed by atoms with Crippen LogP contribution in [0.4, 0.5) is 5.69 Å². The zero-order valence-electron chi connectivity index (χ0n) is 11.1. The van der Waals surface area contributed by atoms with Crippen LogP contribution >= 0.6 is 22.7 Å². The lowest BCUT2D eigenvalue weighted by molar-refractivity contribution is 0.0956. The lowest BCUT2D eigenvalue weighted by Gasteiger charge is -2.00. The first-order chi connectivity index (χ1) is 10.2.